The Labute approximate surface area is 138 Å². The highest BCUT2D eigenvalue weighted by molar-refractivity contribution is 5.54. The molecule has 0 aliphatic rings. The topological polar surface area (TPSA) is 84.2 Å². The molecule has 0 aliphatic heterocycles. The molecule has 0 saturated heterocycles. The van der Waals surface area contributed by atoms with Crippen molar-refractivity contribution in [3.8, 4) is 17.1 Å². The predicted molar refractivity (Wildman–Crippen MR) is 84.8 cm³/mol. The van der Waals surface area contributed by atoms with E-state index in [2.05, 4.69) is 20.4 Å². The van der Waals surface area contributed by atoms with E-state index < -0.39 is 0 Å². The predicted octanol–water partition coefficient (Wildman–Crippen LogP) is 1.89. The molecule has 2 heterocycles. The van der Waals surface area contributed by atoms with Crippen molar-refractivity contribution in [2.45, 2.75) is 13.2 Å². The third-order valence-corrected chi connectivity index (χ3v) is 3.16. The molecule has 0 radical (unpaired) electrons. The molecule has 8 heteroatoms. The highest BCUT2D eigenvalue weighted by Crippen LogP contribution is 2.19. The van der Waals surface area contributed by atoms with Crippen molar-refractivity contribution in [2.75, 3.05) is 13.7 Å². The summed E-state index contributed by atoms with van der Waals surface area (Å²) in [5, 5.41) is 12.3. The Balaban J connectivity index is 1.54. The first-order valence-electron chi connectivity index (χ1n) is 7.41. The number of hydrogen-bond acceptors (Lipinski definition) is 7. The Kier molecular flexibility index (Phi) is 5.44. The van der Waals surface area contributed by atoms with Crippen LogP contribution in [0.4, 0.5) is 0 Å². The van der Waals surface area contributed by atoms with Gasteiger partial charge < -0.3 is 9.62 Å². The number of ether oxygens (including phenoxy) is 1. The standard InChI is InChI=1S/C16H17N5O3/c1-22-10-9-21-19-16(18-20-21)14-4-6-15(7-5-14)24-23-12-13-3-2-8-17-11-13/h2-8,11H,9-10,12H2,1H3. The van der Waals surface area contributed by atoms with Crippen molar-refractivity contribution in [3.05, 3.63) is 54.4 Å². The fraction of sp³-hybridized carbons (Fsp3) is 0.250. The van der Waals surface area contributed by atoms with Crippen molar-refractivity contribution in [2.24, 2.45) is 0 Å². The minimum atomic E-state index is 0.324. The van der Waals surface area contributed by atoms with Crippen LogP contribution in [0.3, 0.4) is 0 Å². The van der Waals surface area contributed by atoms with E-state index >= 15 is 0 Å². The number of benzene rings is 1. The Morgan fingerprint density at radius 2 is 2.00 bits per heavy atom. The number of methoxy groups -OCH3 is 1. The van der Waals surface area contributed by atoms with Crippen LogP contribution in [0.2, 0.25) is 0 Å². The van der Waals surface area contributed by atoms with E-state index in [0.717, 1.165) is 11.1 Å². The van der Waals surface area contributed by atoms with Gasteiger partial charge in [-0.1, -0.05) is 6.07 Å². The molecular weight excluding hydrogens is 310 g/mol. The fourth-order valence-corrected chi connectivity index (χ4v) is 1.94. The summed E-state index contributed by atoms with van der Waals surface area (Å²) in [6.07, 6.45) is 3.44. The summed E-state index contributed by atoms with van der Waals surface area (Å²) in [6, 6.07) is 11.0. The molecule has 0 amide bonds. The van der Waals surface area contributed by atoms with Gasteiger partial charge in [0, 0.05) is 30.6 Å². The molecule has 0 spiro atoms. The zero-order chi connectivity index (χ0) is 16.6. The van der Waals surface area contributed by atoms with E-state index in [0.29, 0.717) is 31.3 Å². The summed E-state index contributed by atoms with van der Waals surface area (Å²) in [5.41, 5.74) is 1.78. The second kappa shape index (κ2) is 8.14. The number of nitrogens with zero attached hydrogens (tertiary/aromatic N) is 5. The largest absolute Gasteiger partial charge is 0.383 e. The fourth-order valence-electron chi connectivity index (χ4n) is 1.94. The molecule has 0 unspecified atom stereocenters. The molecule has 0 atom stereocenters. The molecule has 0 aliphatic carbocycles. The van der Waals surface area contributed by atoms with E-state index in [9.17, 15) is 0 Å². The molecular formula is C16H17N5O3. The van der Waals surface area contributed by atoms with Gasteiger partial charge in [-0.25, -0.2) is 0 Å². The molecule has 2 aromatic heterocycles. The van der Waals surface area contributed by atoms with Gasteiger partial charge in [0.15, 0.2) is 5.75 Å². The molecule has 24 heavy (non-hydrogen) atoms. The van der Waals surface area contributed by atoms with E-state index in [-0.39, 0.29) is 0 Å². The average Bonchev–Trinajstić information content (AvgIpc) is 3.10. The van der Waals surface area contributed by atoms with Crippen LogP contribution in [0.15, 0.2) is 48.8 Å². The van der Waals surface area contributed by atoms with Gasteiger partial charge in [0.2, 0.25) is 5.82 Å². The van der Waals surface area contributed by atoms with E-state index in [4.69, 9.17) is 14.5 Å². The number of hydrogen-bond donors (Lipinski definition) is 0. The lowest BCUT2D eigenvalue weighted by atomic mass is 10.2. The van der Waals surface area contributed by atoms with Gasteiger partial charge in [0.25, 0.3) is 0 Å². The highest BCUT2D eigenvalue weighted by Gasteiger charge is 2.06. The third-order valence-electron chi connectivity index (χ3n) is 3.16. The number of rotatable bonds is 8. The quantitative estimate of drug-likeness (QED) is 0.461. The molecule has 3 aromatic rings. The molecule has 0 bridgehead atoms. The second-order valence-electron chi connectivity index (χ2n) is 4.93. The Bertz CT molecular complexity index is 746. The monoisotopic (exact) mass is 327 g/mol. The summed E-state index contributed by atoms with van der Waals surface area (Å²) >= 11 is 0. The minimum Gasteiger partial charge on any atom is -0.383 e. The Morgan fingerprint density at radius 1 is 1.12 bits per heavy atom. The lowest BCUT2D eigenvalue weighted by Gasteiger charge is -2.05. The van der Waals surface area contributed by atoms with Gasteiger partial charge in [-0.15, -0.1) is 10.2 Å². The molecule has 0 saturated carbocycles. The van der Waals surface area contributed by atoms with E-state index in [1.165, 1.54) is 4.80 Å². The summed E-state index contributed by atoms with van der Waals surface area (Å²) in [4.78, 5) is 16.0. The minimum absolute atomic E-state index is 0.324. The zero-order valence-corrected chi connectivity index (χ0v) is 13.2. The van der Waals surface area contributed by atoms with Crippen LogP contribution in [0.25, 0.3) is 11.4 Å². The van der Waals surface area contributed by atoms with Crippen molar-refractivity contribution in [1.29, 1.82) is 0 Å². The Hall–Kier alpha value is -2.84. The first-order chi connectivity index (χ1) is 11.8. The maximum Gasteiger partial charge on any atom is 0.204 e. The lowest BCUT2D eigenvalue weighted by molar-refractivity contribution is -0.217. The van der Waals surface area contributed by atoms with Crippen LogP contribution in [0, 0.1) is 0 Å². The average molecular weight is 327 g/mol. The third kappa shape index (κ3) is 4.34. The van der Waals surface area contributed by atoms with Gasteiger partial charge in [0.1, 0.15) is 6.61 Å². The van der Waals surface area contributed by atoms with Crippen LogP contribution in [0.1, 0.15) is 5.56 Å². The number of pyridine rings is 1. The first-order valence-corrected chi connectivity index (χ1v) is 7.41. The second-order valence-corrected chi connectivity index (χ2v) is 4.93. The van der Waals surface area contributed by atoms with Crippen LogP contribution in [-0.4, -0.2) is 38.9 Å². The van der Waals surface area contributed by atoms with Gasteiger partial charge >= 0.3 is 0 Å². The maximum absolute atomic E-state index is 5.25. The van der Waals surface area contributed by atoms with Crippen LogP contribution < -0.4 is 4.89 Å². The van der Waals surface area contributed by atoms with Gasteiger partial charge in [-0.3, -0.25) is 4.98 Å². The highest BCUT2D eigenvalue weighted by atomic mass is 17.2. The SMILES string of the molecule is COCCn1nnc(-c2ccc(OOCc3cccnc3)cc2)n1. The molecule has 8 nitrogen and oxygen atoms in total. The molecule has 3 rings (SSSR count). The van der Waals surface area contributed by atoms with Gasteiger partial charge in [0.05, 0.1) is 13.2 Å². The van der Waals surface area contributed by atoms with Crippen molar-refractivity contribution >= 4 is 0 Å². The summed E-state index contributed by atoms with van der Waals surface area (Å²) in [5.74, 6) is 1.14. The zero-order valence-electron chi connectivity index (χ0n) is 13.2. The van der Waals surface area contributed by atoms with Crippen LogP contribution >= 0.6 is 0 Å². The normalized spacial score (nSPS) is 10.7. The summed E-state index contributed by atoms with van der Waals surface area (Å²) in [7, 11) is 1.63. The van der Waals surface area contributed by atoms with Crippen molar-refractivity contribution in [3.63, 3.8) is 0 Å². The molecule has 0 fully saturated rings. The van der Waals surface area contributed by atoms with Crippen molar-refractivity contribution < 1.29 is 14.5 Å². The molecule has 124 valence electrons. The maximum atomic E-state index is 5.25. The van der Waals surface area contributed by atoms with Crippen LogP contribution in [-0.2, 0) is 22.8 Å². The van der Waals surface area contributed by atoms with E-state index in [1.807, 2.05) is 24.3 Å². The number of aromatic nitrogens is 5. The lowest BCUT2D eigenvalue weighted by Crippen LogP contribution is -2.07. The van der Waals surface area contributed by atoms with Gasteiger partial charge in [-0.2, -0.15) is 9.68 Å². The van der Waals surface area contributed by atoms with Gasteiger partial charge in [-0.05, 0) is 35.5 Å². The summed E-state index contributed by atoms with van der Waals surface area (Å²) in [6.45, 7) is 1.43. The van der Waals surface area contributed by atoms with Crippen LogP contribution in [0.5, 0.6) is 5.75 Å². The molecule has 1 aromatic carbocycles. The smallest absolute Gasteiger partial charge is 0.204 e. The van der Waals surface area contributed by atoms with E-state index in [1.54, 1.807) is 31.6 Å². The first kappa shape index (κ1) is 16.0. The number of tetrazole rings is 1. The Morgan fingerprint density at radius 3 is 2.75 bits per heavy atom. The molecule has 0 N–H and O–H groups in total. The summed E-state index contributed by atoms with van der Waals surface area (Å²) < 4.78 is 4.98. The van der Waals surface area contributed by atoms with Crippen molar-refractivity contribution in [1.82, 2.24) is 25.2 Å².